The van der Waals surface area contributed by atoms with E-state index >= 15 is 0 Å². The average molecular weight is 433 g/mol. The van der Waals surface area contributed by atoms with Crippen molar-refractivity contribution in [3.05, 3.63) is 65.5 Å². The first-order valence-corrected chi connectivity index (χ1v) is 11.5. The molecule has 2 saturated heterocycles. The van der Waals surface area contributed by atoms with Crippen molar-refractivity contribution in [1.82, 2.24) is 9.21 Å². The highest BCUT2D eigenvalue weighted by molar-refractivity contribution is 7.95. The molecular weight excluding hydrogens is 407 g/mol. The summed E-state index contributed by atoms with van der Waals surface area (Å²) < 4.78 is 47.8. The lowest BCUT2D eigenvalue weighted by Crippen LogP contribution is -2.52. The summed E-state index contributed by atoms with van der Waals surface area (Å²) in [6, 6.07) is 13.2. The van der Waals surface area contributed by atoms with Crippen LogP contribution in [0.2, 0.25) is 0 Å². The highest BCUT2D eigenvalue weighted by Gasteiger charge is 2.45. The van der Waals surface area contributed by atoms with Crippen molar-refractivity contribution in [1.29, 1.82) is 0 Å². The summed E-state index contributed by atoms with van der Waals surface area (Å²) in [5.74, 6) is -1.16. The number of carbonyl (C=O) groups excluding carboxylic acids is 1. The zero-order valence-electron chi connectivity index (χ0n) is 16.8. The Kier molecular flexibility index (Phi) is 6.02. The zero-order chi connectivity index (χ0) is 21.3. The van der Waals surface area contributed by atoms with Gasteiger partial charge in [0.2, 0.25) is 5.91 Å². The Morgan fingerprint density at radius 1 is 1.17 bits per heavy atom. The van der Waals surface area contributed by atoms with Gasteiger partial charge in [0, 0.05) is 30.8 Å². The minimum absolute atomic E-state index is 0.0634. The molecule has 6 nitrogen and oxygen atoms in total. The molecule has 8 heteroatoms. The van der Waals surface area contributed by atoms with Crippen molar-refractivity contribution in [2.75, 3.05) is 26.2 Å². The smallest absolute Gasteiger partial charge is 0.230 e. The number of halogens is 1. The molecule has 0 spiro atoms. The number of hydrogen-bond acceptors (Lipinski definition) is 4. The number of carbonyl (C=O) groups is 1. The molecule has 2 aliphatic rings. The van der Waals surface area contributed by atoms with E-state index in [0.717, 1.165) is 0 Å². The molecule has 2 aliphatic heterocycles. The van der Waals surface area contributed by atoms with Gasteiger partial charge in [0.25, 0.3) is 0 Å². The van der Waals surface area contributed by atoms with Crippen LogP contribution >= 0.6 is 0 Å². The molecule has 0 aliphatic carbocycles. The predicted molar refractivity (Wildman–Crippen MR) is 110 cm³/mol. The van der Waals surface area contributed by atoms with Gasteiger partial charge in [-0.05, 0) is 25.5 Å². The maximum absolute atomic E-state index is 14.1. The summed E-state index contributed by atoms with van der Waals surface area (Å²) in [6.45, 7) is 2.97. The van der Waals surface area contributed by atoms with Crippen LogP contribution in [-0.2, 0) is 30.7 Å². The lowest BCUT2D eigenvalue weighted by Gasteiger charge is -2.38. The SMILES string of the molecule is Cc1ccccc1[S+](=O)([O-])N1CCC2OCCN(Cc3ccccc3F)C(=O)C2C1. The lowest BCUT2D eigenvalue weighted by molar-refractivity contribution is -0.138. The van der Waals surface area contributed by atoms with Crippen molar-refractivity contribution in [3.8, 4) is 0 Å². The van der Waals surface area contributed by atoms with E-state index in [1.807, 2.05) is 0 Å². The number of piperidine rings is 1. The fourth-order valence-electron chi connectivity index (χ4n) is 4.19. The molecule has 1 amide bonds. The van der Waals surface area contributed by atoms with Crippen LogP contribution in [0.1, 0.15) is 17.5 Å². The Morgan fingerprint density at radius 3 is 2.67 bits per heavy atom. The first-order valence-electron chi connectivity index (χ1n) is 10.1. The molecule has 0 saturated carbocycles. The summed E-state index contributed by atoms with van der Waals surface area (Å²) in [4.78, 5) is 15.1. The molecule has 3 unspecified atom stereocenters. The van der Waals surface area contributed by atoms with Crippen LogP contribution in [0, 0.1) is 18.7 Å². The number of benzene rings is 2. The Labute approximate surface area is 177 Å². The summed E-state index contributed by atoms with van der Waals surface area (Å²) in [7, 11) is -3.71. The van der Waals surface area contributed by atoms with Crippen LogP contribution in [0.15, 0.2) is 53.4 Å². The van der Waals surface area contributed by atoms with Gasteiger partial charge < -0.3 is 14.2 Å². The minimum Gasteiger partial charge on any atom is -0.593 e. The molecule has 0 bridgehead atoms. The number of nitrogens with zero attached hydrogens (tertiary/aromatic N) is 2. The predicted octanol–water partition coefficient (Wildman–Crippen LogP) is 2.79. The van der Waals surface area contributed by atoms with Crippen molar-refractivity contribution in [2.24, 2.45) is 5.92 Å². The van der Waals surface area contributed by atoms with Crippen LogP contribution in [0.4, 0.5) is 4.39 Å². The second-order valence-corrected chi connectivity index (χ2v) is 9.69. The molecule has 2 aromatic carbocycles. The summed E-state index contributed by atoms with van der Waals surface area (Å²) in [6.07, 6.45) is 0.126. The Hall–Kier alpha value is -2.13. The fourth-order valence-corrected chi connectivity index (χ4v) is 5.89. The number of sulfonamides is 1. The van der Waals surface area contributed by atoms with Crippen LogP contribution in [0.3, 0.4) is 0 Å². The van der Waals surface area contributed by atoms with Gasteiger partial charge in [-0.2, -0.15) is 0 Å². The van der Waals surface area contributed by atoms with E-state index in [1.165, 1.54) is 10.4 Å². The summed E-state index contributed by atoms with van der Waals surface area (Å²) in [5.41, 5.74) is 1.11. The first kappa shape index (κ1) is 21.1. The quantitative estimate of drug-likeness (QED) is 0.697. The number of amides is 1. The van der Waals surface area contributed by atoms with E-state index < -0.39 is 16.3 Å². The van der Waals surface area contributed by atoms with Crippen molar-refractivity contribution >= 4 is 16.3 Å². The molecule has 0 radical (unpaired) electrons. The minimum atomic E-state index is -3.71. The van der Waals surface area contributed by atoms with Crippen LogP contribution in [-0.4, -0.2) is 52.0 Å². The molecule has 2 heterocycles. The summed E-state index contributed by atoms with van der Waals surface area (Å²) in [5, 5.41) is 0. The van der Waals surface area contributed by atoms with Gasteiger partial charge in [-0.25, -0.2) is 4.39 Å². The molecule has 0 aromatic heterocycles. The van der Waals surface area contributed by atoms with Gasteiger partial charge in [-0.3, -0.25) is 4.79 Å². The van der Waals surface area contributed by atoms with E-state index in [0.29, 0.717) is 37.2 Å². The van der Waals surface area contributed by atoms with Crippen molar-refractivity contribution in [2.45, 2.75) is 30.9 Å². The fraction of sp³-hybridized carbons (Fsp3) is 0.409. The number of hydrogen-bond donors (Lipinski definition) is 0. The number of rotatable bonds is 4. The molecule has 3 atom stereocenters. The number of ether oxygens (including phenoxy) is 1. The average Bonchev–Trinajstić information content (AvgIpc) is 2.88. The third-order valence-corrected chi connectivity index (χ3v) is 7.89. The topological polar surface area (TPSA) is 72.9 Å². The maximum atomic E-state index is 14.1. The third-order valence-electron chi connectivity index (χ3n) is 5.86. The number of fused-ring (bicyclic) bond motifs is 1. The van der Waals surface area contributed by atoms with Gasteiger partial charge >= 0.3 is 0 Å². The molecule has 30 heavy (non-hydrogen) atoms. The Bertz CT molecular complexity index is 985. The molecule has 0 N–H and O–H groups in total. The normalized spacial score (nSPS) is 24.8. The molecule has 160 valence electrons. The molecule has 2 fully saturated rings. The standard InChI is InChI=1S/C22H25FN2O4S/c1-16-6-2-5-9-21(16)30(27,28)25-11-10-20-18(15-25)22(26)24(12-13-29-20)14-17-7-3-4-8-19(17)23/h2-9,18,20H,10-15H2,1H3. The van der Waals surface area contributed by atoms with Crippen LogP contribution in [0.25, 0.3) is 0 Å². The van der Waals surface area contributed by atoms with Gasteiger partial charge in [0.1, 0.15) is 5.82 Å². The van der Waals surface area contributed by atoms with Gasteiger partial charge in [-0.1, -0.05) is 40.6 Å². The van der Waals surface area contributed by atoms with Gasteiger partial charge in [0.05, 0.1) is 25.2 Å². The molecular formula is C22H25FN2O4S. The maximum Gasteiger partial charge on any atom is 0.230 e. The van der Waals surface area contributed by atoms with E-state index in [2.05, 4.69) is 0 Å². The van der Waals surface area contributed by atoms with Crippen molar-refractivity contribution < 1.29 is 22.7 Å². The van der Waals surface area contributed by atoms with Crippen LogP contribution in [0.5, 0.6) is 0 Å². The van der Waals surface area contributed by atoms with Crippen LogP contribution < -0.4 is 0 Å². The molecule has 4 rings (SSSR count). The van der Waals surface area contributed by atoms with Gasteiger partial charge in [0.15, 0.2) is 15.3 Å². The number of aryl methyl sites for hydroxylation is 1. The van der Waals surface area contributed by atoms with E-state index in [-0.39, 0.29) is 35.8 Å². The lowest BCUT2D eigenvalue weighted by atomic mass is 9.94. The summed E-state index contributed by atoms with van der Waals surface area (Å²) >= 11 is 0. The van der Waals surface area contributed by atoms with E-state index in [4.69, 9.17) is 4.74 Å². The Balaban J connectivity index is 1.56. The highest BCUT2D eigenvalue weighted by Crippen LogP contribution is 2.32. The monoisotopic (exact) mass is 432 g/mol. The highest BCUT2D eigenvalue weighted by atomic mass is 32.3. The Morgan fingerprint density at radius 2 is 1.90 bits per heavy atom. The van der Waals surface area contributed by atoms with Crippen molar-refractivity contribution in [3.63, 3.8) is 0 Å². The second-order valence-electron chi connectivity index (χ2n) is 7.78. The largest absolute Gasteiger partial charge is 0.593 e. The van der Waals surface area contributed by atoms with E-state index in [1.54, 1.807) is 54.3 Å². The van der Waals surface area contributed by atoms with E-state index in [9.17, 15) is 17.9 Å². The second kappa shape index (κ2) is 8.55. The molecule has 2 aromatic rings. The van der Waals surface area contributed by atoms with Gasteiger partial charge in [-0.15, -0.1) is 4.31 Å². The zero-order valence-corrected chi connectivity index (χ0v) is 17.6. The first-order chi connectivity index (χ1) is 14.4. The third kappa shape index (κ3) is 4.05.